The topological polar surface area (TPSA) is 155 Å². The van der Waals surface area contributed by atoms with E-state index in [0.717, 1.165) is 61.5 Å². The molecule has 0 bridgehead atoms. The van der Waals surface area contributed by atoms with Gasteiger partial charge in [0.1, 0.15) is 48.6 Å². The Balaban J connectivity index is 0.000000215. The molecule has 6 rings (SSSR count). The zero-order valence-corrected chi connectivity index (χ0v) is 38.6. The molecule has 0 unspecified atom stereocenters. The summed E-state index contributed by atoms with van der Waals surface area (Å²) in [5, 5.41) is 36.8. The number of benzene rings is 6. The first-order valence-electron chi connectivity index (χ1n) is 20.3. The normalized spacial score (nSPS) is 10.6. The maximum absolute atomic E-state index is 11.0. The van der Waals surface area contributed by atoms with E-state index in [-0.39, 0.29) is 6.61 Å². The fourth-order valence-corrected chi connectivity index (χ4v) is 5.95. The number of aliphatic hydroxyl groups is 1. The second-order valence-corrected chi connectivity index (χ2v) is 15.1. The highest BCUT2D eigenvalue weighted by Gasteiger charge is 2.08. The van der Waals surface area contributed by atoms with Crippen LogP contribution in [0.3, 0.4) is 0 Å². The van der Waals surface area contributed by atoms with Crippen molar-refractivity contribution >= 4 is 34.4 Å². The van der Waals surface area contributed by atoms with Gasteiger partial charge in [-0.15, -0.1) is 0 Å². The number of rotatable bonds is 16. The van der Waals surface area contributed by atoms with E-state index in [4.69, 9.17) is 39.5 Å². The van der Waals surface area contributed by atoms with Crippen LogP contribution in [0.5, 0.6) is 28.7 Å². The lowest BCUT2D eigenvalue weighted by Gasteiger charge is -2.11. The Morgan fingerprint density at radius 3 is 1.25 bits per heavy atom. The molecule has 1 N–H and O–H groups in total. The minimum absolute atomic E-state index is 0.0330. The molecule has 0 heterocycles. The SMILES string of the molecule is COc1ccc(COc2ccc(C#N)cc2/C=C(\C)CBr)cc1.COc1ccc(COc2ccc(C#N)cc2/C=C(\C)CO)cc1.Cc1ccc(COc2ccc(C#N)cc2C=O)cc1. The standard InChI is InChI=1S/C19H18BrNO2.C19H19NO3.C16H13NO2/c1-14(11-20)9-17-10-16(12-21)5-8-19(17)23-13-15-3-6-18(22-2)7-4-15;1-14(12-21)9-17-10-16(11-20)5-8-19(17)23-13-15-3-6-18(22-2)7-4-15;1-12-2-4-13(5-3-12)11-19-16-7-6-14(9-17)8-15(16)10-18/h3-10H,11,13H2,1-2H3;3-10,21H,12-13H2,1-2H3;2-8,10H,11H2,1H3/b2*14-9+;. The van der Waals surface area contributed by atoms with Gasteiger partial charge in [0.2, 0.25) is 0 Å². The zero-order valence-electron chi connectivity index (χ0n) is 37.0. The van der Waals surface area contributed by atoms with Gasteiger partial charge in [-0.1, -0.05) is 87.7 Å². The van der Waals surface area contributed by atoms with Crippen molar-refractivity contribution in [1.82, 2.24) is 0 Å². The number of aldehydes is 1. The predicted octanol–water partition coefficient (Wildman–Crippen LogP) is 11.7. The fourth-order valence-electron chi connectivity index (χ4n) is 5.79. The van der Waals surface area contributed by atoms with Gasteiger partial charge in [-0.3, -0.25) is 4.79 Å². The van der Waals surface area contributed by atoms with E-state index in [1.165, 1.54) is 11.6 Å². The number of aryl methyl sites for hydroxylation is 1. The number of halogens is 1. The molecule has 0 atom stereocenters. The number of hydrogen-bond donors (Lipinski definition) is 1. The van der Waals surface area contributed by atoms with Crippen LogP contribution < -0.4 is 23.7 Å². The van der Waals surface area contributed by atoms with Gasteiger partial charge >= 0.3 is 0 Å². The Morgan fingerprint density at radius 2 is 0.908 bits per heavy atom. The lowest BCUT2D eigenvalue weighted by atomic mass is 10.1. The number of hydrogen-bond acceptors (Lipinski definition) is 10. The van der Waals surface area contributed by atoms with E-state index in [1.807, 2.05) is 124 Å². The highest BCUT2D eigenvalue weighted by molar-refractivity contribution is 9.09. The molecule has 0 amide bonds. The van der Waals surface area contributed by atoms with Gasteiger partial charge in [0.15, 0.2) is 6.29 Å². The molecular weight excluding hydrogens is 883 g/mol. The highest BCUT2D eigenvalue weighted by atomic mass is 79.9. The molecule has 6 aromatic carbocycles. The number of alkyl halides is 1. The number of methoxy groups -OCH3 is 2. The Labute approximate surface area is 389 Å². The number of nitrogens with zero attached hydrogens (tertiary/aromatic N) is 3. The van der Waals surface area contributed by atoms with Crippen molar-refractivity contribution in [3.63, 3.8) is 0 Å². The molecule has 0 saturated heterocycles. The molecule has 0 aliphatic carbocycles. The number of carbonyl (C=O) groups is 1. The predicted molar refractivity (Wildman–Crippen MR) is 257 cm³/mol. The Morgan fingerprint density at radius 1 is 0.554 bits per heavy atom. The molecule has 0 aliphatic rings. The second kappa shape index (κ2) is 26.8. The summed E-state index contributed by atoms with van der Waals surface area (Å²) in [6.07, 6.45) is 4.55. The van der Waals surface area contributed by atoms with Crippen LogP contribution in [0.1, 0.15) is 74.3 Å². The first-order chi connectivity index (χ1) is 31.5. The minimum Gasteiger partial charge on any atom is -0.497 e. The van der Waals surface area contributed by atoms with Crippen LogP contribution in [0.25, 0.3) is 12.2 Å². The lowest BCUT2D eigenvalue weighted by Crippen LogP contribution is -1.98. The average Bonchev–Trinajstić information content (AvgIpc) is 3.35. The van der Waals surface area contributed by atoms with Crippen LogP contribution >= 0.6 is 15.9 Å². The summed E-state index contributed by atoms with van der Waals surface area (Å²) in [6, 6.07) is 45.2. The summed E-state index contributed by atoms with van der Waals surface area (Å²) in [6.45, 7) is 7.11. The van der Waals surface area contributed by atoms with Gasteiger partial charge in [-0.2, -0.15) is 15.8 Å². The Hall–Kier alpha value is -7.62. The minimum atomic E-state index is -0.0330. The van der Waals surface area contributed by atoms with Crippen LogP contribution in [0, 0.1) is 40.9 Å². The molecule has 0 aliphatic heterocycles. The summed E-state index contributed by atoms with van der Waals surface area (Å²) in [7, 11) is 3.28. The molecule has 6 aromatic rings. The quantitative estimate of drug-likeness (QED) is 0.0732. The molecule has 0 radical (unpaired) electrons. The van der Waals surface area contributed by atoms with Gasteiger partial charge < -0.3 is 28.8 Å². The summed E-state index contributed by atoms with van der Waals surface area (Å²) < 4.78 is 27.7. The summed E-state index contributed by atoms with van der Waals surface area (Å²) in [5.41, 5.74) is 9.97. The van der Waals surface area contributed by atoms with Gasteiger partial charge in [-0.25, -0.2) is 0 Å². The Kier molecular flexibility index (Phi) is 20.6. The first kappa shape index (κ1) is 50.0. The molecule has 0 spiro atoms. The molecule has 65 heavy (non-hydrogen) atoms. The number of carbonyl (C=O) groups excluding carboxylic acids is 1. The van der Waals surface area contributed by atoms with Crippen molar-refractivity contribution in [2.45, 2.75) is 40.6 Å². The molecule has 0 saturated carbocycles. The van der Waals surface area contributed by atoms with E-state index in [0.29, 0.717) is 59.9 Å². The molecule has 0 fully saturated rings. The van der Waals surface area contributed by atoms with Gasteiger partial charge in [0.05, 0.1) is 61.3 Å². The van der Waals surface area contributed by atoms with Crippen molar-refractivity contribution in [1.29, 1.82) is 15.8 Å². The van der Waals surface area contributed by atoms with E-state index in [2.05, 4.69) is 28.1 Å². The average molecular weight is 933 g/mol. The fraction of sp³-hybridized carbons (Fsp3) is 0.185. The highest BCUT2D eigenvalue weighted by Crippen LogP contribution is 2.26. The summed E-state index contributed by atoms with van der Waals surface area (Å²) in [5.74, 6) is 3.56. The molecular formula is C54H50BrN3O7. The molecule has 330 valence electrons. The van der Waals surface area contributed by atoms with Gasteiger partial charge in [0.25, 0.3) is 0 Å². The smallest absolute Gasteiger partial charge is 0.153 e. The zero-order chi connectivity index (χ0) is 47.0. The van der Waals surface area contributed by atoms with Crippen molar-refractivity contribution in [3.05, 3.63) is 194 Å². The van der Waals surface area contributed by atoms with Crippen LogP contribution in [0.4, 0.5) is 0 Å². The van der Waals surface area contributed by atoms with Crippen LogP contribution in [0.2, 0.25) is 0 Å². The van der Waals surface area contributed by atoms with Crippen molar-refractivity contribution < 1.29 is 33.6 Å². The molecule has 11 heteroatoms. The van der Waals surface area contributed by atoms with Gasteiger partial charge in [-0.05, 0) is 122 Å². The van der Waals surface area contributed by atoms with Crippen molar-refractivity contribution in [3.8, 4) is 47.0 Å². The largest absolute Gasteiger partial charge is 0.497 e. The third kappa shape index (κ3) is 16.5. The third-order valence-electron chi connectivity index (χ3n) is 9.43. The van der Waals surface area contributed by atoms with Crippen LogP contribution in [0.15, 0.2) is 139 Å². The van der Waals surface area contributed by atoms with E-state index >= 15 is 0 Å². The maximum Gasteiger partial charge on any atom is 0.153 e. The maximum atomic E-state index is 11.0. The van der Waals surface area contributed by atoms with E-state index in [9.17, 15) is 9.90 Å². The van der Waals surface area contributed by atoms with E-state index < -0.39 is 0 Å². The lowest BCUT2D eigenvalue weighted by molar-refractivity contribution is 0.111. The second-order valence-electron chi connectivity index (χ2n) is 14.5. The molecule has 0 aromatic heterocycles. The van der Waals surface area contributed by atoms with Crippen molar-refractivity contribution in [2.24, 2.45) is 0 Å². The summed E-state index contributed by atoms with van der Waals surface area (Å²) in [4.78, 5) is 11.0. The Bertz CT molecular complexity index is 2540. The number of aliphatic hydroxyl groups excluding tert-OH is 1. The summed E-state index contributed by atoms with van der Waals surface area (Å²) >= 11 is 3.44. The van der Waals surface area contributed by atoms with E-state index in [1.54, 1.807) is 50.6 Å². The van der Waals surface area contributed by atoms with Gasteiger partial charge in [0, 0.05) is 16.5 Å². The number of allylic oxidation sites excluding steroid dienone is 1. The van der Waals surface area contributed by atoms with Crippen LogP contribution in [-0.2, 0) is 19.8 Å². The number of ether oxygens (including phenoxy) is 5. The molecule has 10 nitrogen and oxygen atoms in total. The third-order valence-corrected chi connectivity index (χ3v) is 10.3. The van der Waals surface area contributed by atoms with Crippen molar-refractivity contribution in [2.75, 3.05) is 26.2 Å². The number of nitriles is 3. The first-order valence-corrected chi connectivity index (χ1v) is 21.5. The monoisotopic (exact) mass is 931 g/mol. The van der Waals surface area contributed by atoms with Crippen LogP contribution in [-0.4, -0.2) is 37.5 Å².